The molecule has 0 fully saturated rings. The highest BCUT2D eigenvalue weighted by molar-refractivity contribution is 6.04. The van der Waals surface area contributed by atoms with Crippen molar-refractivity contribution < 1.29 is 9.59 Å². The number of benzene rings is 1. The Morgan fingerprint density at radius 3 is 2.10 bits per heavy atom. The lowest BCUT2D eigenvalue weighted by Crippen LogP contribution is -2.31. The van der Waals surface area contributed by atoms with Gasteiger partial charge in [0.25, 0.3) is 0 Å². The van der Waals surface area contributed by atoms with E-state index in [-0.39, 0.29) is 18.2 Å². The number of rotatable bonds is 7. The molecule has 1 aromatic rings. The Labute approximate surface area is 127 Å². The lowest BCUT2D eigenvalue weighted by atomic mass is 10.0. The van der Waals surface area contributed by atoms with Crippen molar-refractivity contribution in [1.29, 1.82) is 0 Å². The van der Waals surface area contributed by atoms with Crippen molar-refractivity contribution >= 4 is 17.5 Å². The number of hydrogen-bond acceptors (Lipinski definition) is 2. The number of carbonyl (C=O) groups excluding carboxylic acids is 2. The van der Waals surface area contributed by atoms with Crippen LogP contribution >= 0.6 is 0 Å². The molecular weight excluding hydrogens is 264 g/mol. The van der Waals surface area contributed by atoms with Gasteiger partial charge < -0.3 is 10.6 Å². The van der Waals surface area contributed by atoms with E-state index in [0.717, 1.165) is 29.7 Å². The normalized spacial score (nSPS) is 10.5. The van der Waals surface area contributed by atoms with Crippen molar-refractivity contribution in [2.75, 3.05) is 11.9 Å². The fourth-order valence-corrected chi connectivity index (χ4v) is 2.11. The van der Waals surface area contributed by atoms with Crippen molar-refractivity contribution in [1.82, 2.24) is 5.32 Å². The van der Waals surface area contributed by atoms with E-state index in [4.69, 9.17) is 0 Å². The molecule has 21 heavy (non-hydrogen) atoms. The second kappa shape index (κ2) is 8.45. The highest BCUT2D eigenvalue weighted by Crippen LogP contribution is 2.22. The monoisotopic (exact) mass is 290 g/mol. The van der Waals surface area contributed by atoms with Crippen molar-refractivity contribution in [2.24, 2.45) is 5.92 Å². The number of para-hydroxylation sites is 1. The first-order valence-corrected chi connectivity index (χ1v) is 7.65. The van der Waals surface area contributed by atoms with E-state index in [2.05, 4.69) is 24.5 Å². The summed E-state index contributed by atoms with van der Waals surface area (Å²) in [6.07, 6.45) is 1.57. The van der Waals surface area contributed by atoms with Gasteiger partial charge in [0.1, 0.15) is 6.42 Å². The third-order valence-electron chi connectivity index (χ3n) is 3.29. The second-order valence-electron chi connectivity index (χ2n) is 5.58. The lowest BCUT2D eigenvalue weighted by Gasteiger charge is -2.14. The minimum Gasteiger partial charge on any atom is -0.355 e. The van der Waals surface area contributed by atoms with Crippen LogP contribution in [0.1, 0.15) is 45.2 Å². The number of amides is 2. The molecule has 2 amide bonds. The van der Waals surface area contributed by atoms with Crippen LogP contribution in [0.3, 0.4) is 0 Å². The average molecular weight is 290 g/mol. The maximum Gasteiger partial charge on any atom is 0.233 e. The molecule has 0 bridgehead atoms. The van der Waals surface area contributed by atoms with E-state index in [0.29, 0.717) is 12.5 Å². The fourth-order valence-electron chi connectivity index (χ4n) is 2.11. The Morgan fingerprint density at radius 1 is 1.05 bits per heavy atom. The van der Waals surface area contributed by atoms with Gasteiger partial charge in [0.05, 0.1) is 0 Å². The Balaban J connectivity index is 2.68. The van der Waals surface area contributed by atoms with Gasteiger partial charge in [0.15, 0.2) is 0 Å². The van der Waals surface area contributed by atoms with Gasteiger partial charge in [0.2, 0.25) is 11.8 Å². The maximum atomic E-state index is 12.0. The zero-order chi connectivity index (χ0) is 15.8. The zero-order valence-electron chi connectivity index (χ0n) is 13.5. The van der Waals surface area contributed by atoms with Gasteiger partial charge in [-0.25, -0.2) is 0 Å². The van der Waals surface area contributed by atoms with Crippen LogP contribution in [0.2, 0.25) is 0 Å². The zero-order valence-corrected chi connectivity index (χ0v) is 13.5. The molecule has 116 valence electrons. The number of aryl methyl sites for hydroxylation is 2. The minimum absolute atomic E-state index is 0.131. The first-order chi connectivity index (χ1) is 9.97. The Morgan fingerprint density at radius 2 is 1.62 bits per heavy atom. The molecular formula is C17H26N2O2. The third-order valence-corrected chi connectivity index (χ3v) is 3.29. The summed E-state index contributed by atoms with van der Waals surface area (Å²) in [6, 6.07) is 6.02. The van der Waals surface area contributed by atoms with Gasteiger partial charge in [0, 0.05) is 12.2 Å². The van der Waals surface area contributed by atoms with Gasteiger partial charge in [-0.2, -0.15) is 0 Å². The van der Waals surface area contributed by atoms with Crippen LogP contribution in [0.25, 0.3) is 0 Å². The molecule has 0 spiro atoms. The molecule has 0 aromatic heterocycles. The molecule has 0 aliphatic heterocycles. The molecule has 2 N–H and O–H groups in total. The lowest BCUT2D eigenvalue weighted by molar-refractivity contribution is -0.126. The third kappa shape index (κ3) is 5.58. The van der Waals surface area contributed by atoms with Crippen molar-refractivity contribution in [3.8, 4) is 0 Å². The molecule has 4 nitrogen and oxygen atoms in total. The summed E-state index contributed by atoms with van der Waals surface area (Å²) in [5.74, 6) is -0.107. The molecule has 4 heteroatoms. The van der Waals surface area contributed by atoms with Crippen molar-refractivity contribution in [3.63, 3.8) is 0 Å². The molecule has 0 saturated carbocycles. The summed E-state index contributed by atoms with van der Waals surface area (Å²) in [4.78, 5) is 23.7. The summed E-state index contributed by atoms with van der Waals surface area (Å²) in [5.41, 5.74) is 3.07. The van der Waals surface area contributed by atoms with E-state index < -0.39 is 0 Å². The predicted molar refractivity (Wildman–Crippen MR) is 86.3 cm³/mol. The Hall–Kier alpha value is -1.84. The van der Waals surface area contributed by atoms with Crippen molar-refractivity contribution in [2.45, 2.75) is 47.0 Å². The number of hydrogen-bond donors (Lipinski definition) is 2. The number of carbonyl (C=O) groups is 2. The van der Waals surface area contributed by atoms with Crippen LogP contribution in [-0.4, -0.2) is 18.4 Å². The van der Waals surface area contributed by atoms with E-state index in [1.807, 2.05) is 32.0 Å². The van der Waals surface area contributed by atoms with Gasteiger partial charge in [-0.15, -0.1) is 0 Å². The standard InChI is InChI=1S/C17H26N2O2/c1-5-13-8-7-9-14(6-2)17(13)19-16(21)10-15(20)18-11-12(3)4/h7-9,12H,5-6,10-11H2,1-4H3,(H,18,20)(H,19,21). The summed E-state index contributed by atoms with van der Waals surface area (Å²) >= 11 is 0. The highest BCUT2D eigenvalue weighted by atomic mass is 16.2. The molecule has 0 saturated heterocycles. The number of nitrogens with one attached hydrogen (secondary N) is 2. The Kier molecular flexibility index (Phi) is 6.92. The topological polar surface area (TPSA) is 58.2 Å². The summed E-state index contributed by atoms with van der Waals surface area (Å²) < 4.78 is 0. The van der Waals surface area contributed by atoms with Gasteiger partial charge in [-0.1, -0.05) is 45.9 Å². The molecule has 1 aromatic carbocycles. The Bertz CT molecular complexity index is 473. The predicted octanol–water partition coefficient (Wildman–Crippen LogP) is 2.91. The molecule has 0 radical (unpaired) electrons. The van der Waals surface area contributed by atoms with Crippen LogP contribution in [0.15, 0.2) is 18.2 Å². The highest BCUT2D eigenvalue weighted by Gasteiger charge is 2.13. The smallest absolute Gasteiger partial charge is 0.233 e. The quantitative estimate of drug-likeness (QED) is 0.759. The number of anilines is 1. The van der Waals surface area contributed by atoms with Crippen molar-refractivity contribution in [3.05, 3.63) is 29.3 Å². The molecule has 0 atom stereocenters. The molecule has 0 heterocycles. The molecule has 0 aliphatic carbocycles. The average Bonchev–Trinajstić information content (AvgIpc) is 2.45. The molecule has 0 unspecified atom stereocenters. The van der Waals surface area contributed by atoms with Crippen LogP contribution in [0.5, 0.6) is 0 Å². The summed E-state index contributed by atoms with van der Waals surface area (Å²) in [5, 5.41) is 5.66. The maximum absolute atomic E-state index is 12.0. The molecule has 1 rings (SSSR count). The molecule has 0 aliphatic rings. The largest absolute Gasteiger partial charge is 0.355 e. The van der Waals surface area contributed by atoms with Crippen LogP contribution in [0, 0.1) is 5.92 Å². The minimum atomic E-state index is -0.258. The van der Waals surface area contributed by atoms with Crippen LogP contribution < -0.4 is 10.6 Å². The fraction of sp³-hybridized carbons (Fsp3) is 0.529. The summed E-state index contributed by atoms with van der Waals surface area (Å²) in [6.45, 7) is 8.74. The van der Waals surface area contributed by atoms with Gasteiger partial charge >= 0.3 is 0 Å². The van der Waals surface area contributed by atoms with Crippen LogP contribution in [0.4, 0.5) is 5.69 Å². The first kappa shape index (κ1) is 17.2. The second-order valence-corrected chi connectivity index (χ2v) is 5.58. The van der Waals surface area contributed by atoms with E-state index in [1.54, 1.807) is 0 Å². The van der Waals surface area contributed by atoms with E-state index in [1.165, 1.54) is 0 Å². The van der Waals surface area contributed by atoms with Gasteiger partial charge in [-0.3, -0.25) is 9.59 Å². The van der Waals surface area contributed by atoms with Crippen LogP contribution in [-0.2, 0) is 22.4 Å². The van der Waals surface area contributed by atoms with E-state index >= 15 is 0 Å². The van der Waals surface area contributed by atoms with E-state index in [9.17, 15) is 9.59 Å². The van der Waals surface area contributed by atoms with Gasteiger partial charge in [-0.05, 0) is 29.9 Å². The first-order valence-electron chi connectivity index (χ1n) is 7.65. The summed E-state index contributed by atoms with van der Waals surface area (Å²) in [7, 11) is 0. The SMILES string of the molecule is CCc1cccc(CC)c1NC(=O)CC(=O)NCC(C)C.